The molecular weight excluding hydrogens is 362 g/mol. The lowest BCUT2D eigenvalue weighted by molar-refractivity contribution is 0.0514. The van der Waals surface area contributed by atoms with Crippen molar-refractivity contribution in [3.63, 3.8) is 0 Å². The first kappa shape index (κ1) is 15.6. The SMILES string of the molecule is COc1ccc2c(c1)OCCC2=NOC(=O)c1cccc(Br)c1. The van der Waals surface area contributed by atoms with Crippen molar-refractivity contribution in [2.75, 3.05) is 13.7 Å². The van der Waals surface area contributed by atoms with E-state index in [1.54, 1.807) is 31.4 Å². The summed E-state index contributed by atoms with van der Waals surface area (Å²) >= 11 is 3.32. The number of benzene rings is 2. The molecule has 0 spiro atoms. The zero-order chi connectivity index (χ0) is 16.2. The van der Waals surface area contributed by atoms with E-state index in [0.29, 0.717) is 35.8 Å². The van der Waals surface area contributed by atoms with Gasteiger partial charge in [0.15, 0.2) is 0 Å². The maximum atomic E-state index is 12.1. The van der Waals surface area contributed by atoms with Gasteiger partial charge in [-0.2, -0.15) is 0 Å². The summed E-state index contributed by atoms with van der Waals surface area (Å²) < 4.78 is 11.6. The van der Waals surface area contributed by atoms with E-state index in [9.17, 15) is 4.79 Å². The van der Waals surface area contributed by atoms with Crippen LogP contribution in [-0.4, -0.2) is 25.4 Å². The van der Waals surface area contributed by atoms with Crippen molar-refractivity contribution in [1.82, 2.24) is 0 Å². The summed E-state index contributed by atoms with van der Waals surface area (Å²) in [6, 6.07) is 12.4. The van der Waals surface area contributed by atoms with Gasteiger partial charge in [0.1, 0.15) is 11.5 Å². The first-order chi connectivity index (χ1) is 11.2. The van der Waals surface area contributed by atoms with Crippen LogP contribution in [-0.2, 0) is 4.84 Å². The molecule has 0 radical (unpaired) electrons. The van der Waals surface area contributed by atoms with Gasteiger partial charge in [-0.25, -0.2) is 4.79 Å². The Morgan fingerprint density at radius 2 is 2.13 bits per heavy atom. The van der Waals surface area contributed by atoms with Gasteiger partial charge >= 0.3 is 5.97 Å². The summed E-state index contributed by atoms with van der Waals surface area (Å²) in [5, 5.41) is 4.02. The van der Waals surface area contributed by atoms with Gasteiger partial charge in [-0.3, -0.25) is 0 Å². The highest BCUT2D eigenvalue weighted by atomic mass is 79.9. The van der Waals surface area contributed by atoms with Gasteiger partial charge in [0, 0.05) is 22.5 Å². The van der Waals surface area contributed by atoms with Crippen LogP contribution in [0.1, 0.15) is 22.3 Å². The van der Waals surface area contributed by atoms with Crippen molar-refractivity contribution in [3.05, 3.63) is 58.1 Å². The third-order valence-electron chi connectivity index (χ3n) is 3.40. The van der Waals surface area contributed by atoms with Gasteiger partial charge < -0.3 is 14.3 Å². The normalized spacial score (nSPS) is 14.8. The van der Waals surface area contributed by atoms with Crippen molar-refractivity contribution in [1.29, 1.82) is 0 Å². The minimum absolute atomic E-state index is 0.436. The van der Waals surface area contributed by atoms with Crippen LogP contribution in [0.3, 0.4) is 0 Å². The van der Waals surface area contributed by atoms with Crippen LogP contribution < -0.4 is 9.47 Å². The molecule has 0 amide bonds. The Hall–Kier alpha value is -2.34. The molecule has 0 aliphatic carbocycles. The maximum absolute atomic E-state index is 12.1. The van der Waals surface area contributed by atoms with Crippen molar-refractivity contribution < 1.29 is 19.1 Å². The lowest BCUT2D eigenvalue weighted by Crippen LogP contribution is -2.17. The number of fused-ring (bicyclic) bond motifs is 1. The van der Waals surface area contributed by atoms with Gasteiger partial charge in [0.2, 0.25) is 0 Å². The highest BCUT2D eigenvalue weighted by Gasteiger charge is 2.19. The number of hydrogen-bond acceptors (Lipinski definition) is 5. The average Bonchev–Trinajstić information content (AvgIpc) is 2.59. The Balaban J connectivity index is 1.80. The first-order valence-corrected chi connectivity index (χ1v) is 7.81. The molecule has 0 fully saturated rings. The number of methoxy groups -OCH3 is 1. The molecule has 0 N–H and O–H groups in total. The Kier molecular flexibility index (Phi) is 4.62. The highest BCUT2D eigenvalue weighted by Crippen LogP contribution is 2.29. The van der Waals surface area contributed by atoms with E-state index in [1.807, 2.05) is 18.2 Å². The molecule has 2 aromatic carbocycles. The topological polar surface area (TPSA) is 57.1 Å². The molecule has 0 saturated carbocycles. The van der Waals surface area contributed by atoms with E-state index in [-0.39, 0.29) is 0 Å². The lowest BCUT2D eigenvalue weighted by atomic mass is 10.0. The number of oxime groups is 1. The number of hydrogen-bond donors (Lipinski definition) is 0. The van der Waals surface area contributed by atoms with Gasteiger partial charge in [0.25, 0.3) is 0 Å². The molecule has 0 unspecified atom stereocenters. The molecule has 3 rings (SSSR count). The van der Waals surface area contributed by atoms with Crippen molar-refractivity contribution >= 4 is 27.6 Å². The van der Waals surface area contributed by atoms with Crippen LogP contribution in [0.4, 0.5) is 0 Å². The molecule has 0 saturated heterocycles. The first-order valence-electron chi connectivity index (χ1n) is 7.02. The zero-order valence-electron chi connectivity index (χ0n) is 12.4. The second-order valence-electron chi connectivity index (χ2n) is 4.89. The fourth-order valence-corrected chi connectivity index (χ4v) is 2.64. The van der Waals surface area contributed by atoms with Crippen LogP contribution in [0, 0.1) is 0 Å². The Morgan fingerprint density at radius 3 is 2.91 bits per heavy atom. The smallest absolute Gasteiger partial charge is 0.365 e. The molecule has 0 bridgehead atoms. The second kappa shape index (κ2) is 6.83. The fraction of sp³-hybridized carbons (Fsp3) is 0.176. The van der Waals surface area contributed by atoms with E-state index in [4.69, 9.17) is 14.3 Å². The monoisotopic (exact) mass is 375 g/mol. The molecule has 0 atom stereocenters. The number of halogens is 1. The number of carbonyl (C=O) groups excluding carboxylic acids is 1. The third kappa shape index (κ3) is 3.53. The predicted molar refractivity (Wildman–Crippen MR) is 89.2 cm³/mol. The summed E-state index contributed by atoms with van der Waals surface area (Å²) in [6.45, 7) is 0.480. The number of carbonyl (C=O) groups is 1. The molecule has 118 valence electrons. The van der Waals surface area contributed by atoms with Gasteiger partial charge in [0.05, 0.1) is 25.0 Å². The van der Waals surface area contributed by atoms with Crippen LogP contribution >= 0.6 is 15.9 Å². The van der Waals surface area contributed by atoms with E-state index in [2.05, 4.69) is 21.1 Å². The van der Waals surface area contributed by atoms with E-state index < -0.39 is 5.97 Å². The van der Waals surface area contributed by atoms with Gasteiger partial charge in [-0.05, 0) is 30.3 Å². The lowest BCUT2D eigenvalue weighted by Gasteiger charge is -2.19. The van der Waals surface area contributed by atoms with E-state index >= 15 is 0 Å². The zero-order valence-corrected chi connectivity index (χ0v) is 14.0. The Labute approximate surface area is 142 Å². The van der Waals surface area contributed by atoms with Crippen molar-refractivity contribution in [3.8, 4) is 11.5 Å². The molecule has 1 aliphatic rings. The van der Waals surface area contributed by atoms with Crippen molar-refractivity contribution in [2.45, 2.75) is 6.42 Å². The average molecular weight is 376 g/mol. The van der Waals surface area contributed by atoms with Gasteiger partial charge in [-0.1, -0.05) is 27.2 Å². The second-order valence-corrected chi connectivity index (χ2v) is 5.80. The molecule has 1 heterocycles. The van der Waals surface area contributed by atoms with Crippen LogP contribution in [0.25, 0.3) is 0 Å². The summed E-state index contributed by atoms with van der Waals surface area (Å²) in [7, 11) is 1.60. The van der Waals surface area contributed by atoms with Gasteiger partial charge in [-0.15, -0.1) is 0 Å². The summed E-state index contributed by atoms with van der Waals surface area (Å²) in [6.07, 6.45) is 0.574. The summed E-state index contributed by atoms with van der Waals surface area (Å²) in [5.41, 5.74) is 1.92. The maximum Gasteiger partial charge on any atom is 0.365 e. The standard InChI is InChI=1S/C17H14BrNO4/c1-21-13-5-6-14-15(7-8-22-16(14)10-13)19-23-17(20)11-3-2-4-12(18)9-11/h2-6,9-10H,7-8H2,1H3. The third-order valence-corrected chi connectivity index (χ3v) is 3.89. The van der Waals surface area contributed by atoms with Crippen LogP contribution in [0.15, 0.2) is 52.1 Å². The van der Waals surface area contributed by atoms with E-state index in [0.717, 1.165) is 10.0 Å². The highest BCUT2D eigenvalue weighted by molar-refractivity contribution is 9.10. The molecule has 5 nitrogen and oxygen atoms in total. The fourth-order valence-electron chi connectivity index (χ4n) is 2.24. The predicted octanol–water partition coefficient (Wildman–Crippen LogP) is 3.80. The molecule has 2 aromatic rings. The Morgan fingerprint density at radius 1 is 1.26 bits per heavy atom. The molecule has 6 heteroatoms. The van der Waals surface area contributed by atoms with E-state index in [1.165, 1.54) is 0 Å². The Bertz CT molecular complexity index is 773. The largest absolute Gasteiger partial charge is 0.497 e. The number of rotatable bonds is 3. The molecular formula is C17H14BrNO4. The quantitative estimate of drug-likeness (QED) is 0.604. The number of ether oxygens (including phenoxy) is 2. The van der Waals surface area contributed by atoms with Crippen LogP contribution in [0.2, 0.25) is 0 Å². The number of nitrogens with zero attached hydrogens (tertiary/aromatic N) is 1. The molecule has 23 heavy (non-hydrogen) atoms. The minimum Gasteiger partial charge on any atom is -0.497 e. The molecule has 0 aromatic heterocycles. The van der Waals surface area contributed by atoms with Crippen LogP contribution in [0.5, 0.6) is 11.5 Å². The summed E-state index contributed by atoms with van der Waals surface area (Å²) in [4.78, 5) is 17.1. The van der Waals surface area contributed by atoms with Crippen molar-refractivity contribution in [2.24, 2.45) is 5.16 Å². The molecule has 1 aliphatic heterocycles. The summed E-state index contributed by atoms with van der Waals surface area (Å²) in [5.74, 6) is 0.879. The minimum atomic E-state index is -0.500.